The van der Waals surface area contributed by atoms with Gasteiger partial charge >= 0.3 is 5.97 Å². The summed E-state index contributed by atoms with van der Waals surface area (Å²) in [6.07, 6.45) is 0. The number of carbonyl (C=O) groups is 1. The molecule has 0 aromatic heterocycles. The van der Waals surface area contributed by atoms with Crippen LogP contribution in [0.3, 0.4) is 0 Å². The Balaban J connectivity index is 2.14. The zero-order chi connectivity index (χ0) is 26.3. The van der Waals surface area contributed by atoms with Crippen LogP contribution in [0.5, 0.6) is 11.5 Å². The van der Waals surface area contributed by atoms with Gasteiger partial charge in [0.25, 0.3) is 0 Å². The van der Waals surface area contributed by atoms with Crippen molar-refractivity contribution in [3.8, 4) is 23.3 Å². The molecule has 1 atom stereocenters. The van der Waals surface area contributed by atoms with E-state index in [0.717, 1.165) is 0 Å². The van der Waals surface area contributed by atoms with Crippen LogP contribution in [0.1, 0.15) is 39.3 Å². The van der Waals surface area contributed by atoms with E-state index in [4.69, 9.17) is 13.9 Å². The summed E-state index contributed by atoms with van der Waals surface area (Å²) in [5, 5.41) is 2.88. The van der Waals surface area contributed by atoms with Crippen molar-refractivity contribution >= 4 is 24.1 Å². The van der Waals surface area contributed by atoms with Crippen LogP contribution in [-0.4, -0.2) is 42.3 Å². The Morgan fingerprint density at radius 1 is 1.03 bits per heavy atom. The molecule has 0 saturated heterocycles. The van der Waals surface area contributed by atoms with E-state index in [1.54, 1.807) is 43.3 Å². The minimum atomic E-state index is -3.72. The van der Waals surface area contributed by atoms with E-state index in [-0.39, 0.29) is 16.5 Å². The van der Waals surface area contributed by atoms with Crippen LogP contribution >= 0.6 is 0 Å². The van der Waals surface area contributed by atoms with Gasteiger partial charge < -0.3 is 13.9 Å². The lowest BCUT2D eigenvalue weighted by Gasteiger charge is -2.36. The number of ether oxygens (including phenoxy) is 2. The van der Waals surface area contributed by atoms with Crippen molar-refractivity contribution in [1.82, 2.24) is 5.32 Å². The monoisotopic (exact) mass is 517 g/mol. The fraction of sp³-hybridized carbons (Fsp3) is 0.423. The highest BCUT2D eigenvalue weighted by Crippen LogP contribution is 2.37. The summed E-state index contributed by atoms with van der Waals surface area (Å²) < 4.78 is 42.3. The van der Waals surface area contributed by atoms with Gasteiger partial charge in [0.1, 0.15) is 30.0 Å². The topological polar surface area (TPSA) is 90.9 Å². The van der Waals surface area contributed by atoms with Crippen LogP contribution in [0.4, 0.5) is 0 Å². The van der Waals surface area contributed by atoms with E-state index >= 15 is 0 Å². The summed E-state index contributed by atoms with van der Waals surface area (Å²) in [5.41, 5.74) is 0.579. The second-order valence-electron chi connectivity index (χ2n) is 9.54. The van der Waals surface area contributed by atoms with Crippen molar-refractivity contribution in [3.63, 3.8) is 0 Å². The van der Waals surface area contributed by atoms with Gasteiger partial charge in [-0.3, -0.25) is 5.32 Å². The van der Waals surface area contributed by atoms with E-state index in [1.807, 2.05) is 0 Å². The minimum absolute atomic E-state index is 0.0457. The smallest absolute Gasteiger partial charge is 0.327 e. The molecule has 0 saturated carbocycles. The maximum Gasteiger partial charge on any atom is 0.327 e. The molecule has 190 valence electrons. The molecule has 1 N–H and O–H groups in total. The third kappa shape index (κ3) is 7.85. The van der Waals surface area contributed by atoms with Crippen molar-refractivity contribution in [1.29, 1.82) is 0 Å². The van der Waals surface area contributed by atoms with Crippen LogP contribution in [0.2, 0.25) is 18.1 Å². The molecule has 0 fully saturated rings. The number of hydrogen-bond donors (Lipinski definition) is 1. The lowest BCUT2D eigenvalue weighted by molar-refractivity contribution is -0.143. The Labute approximate surface area is 210 Å². The number of benzene rings is 2. The van der Waals surface area contributed by atoms with Gasteiger partial charge in [0.2, 0.25) is 8.32 Å². The number of methoxy groups -OCH3 is 1. The highest BCUT2D eigenvalue weighted by molar-refractivity contribution is 7.91. The van der Waals surface area contributed by atoms with E-state index in [0.29, 0.717) is 17.1 Å². The average molecular weight is 518 g/mol. The number of sulfone groups is 1. The largest absolute Gasteiger partial charge is 0.544 e. The molecule has 0 radical (unpaired) electrons. The maximum atomic E-state index is 12.9. The highest BCUT2D eigenvalue weighted by atomic mass is 32.2. The highest BCUT2D eigenvalue weighted by Gasteiger charge is 2.39. The Morgan fingerprint density at radius 3 is 2.11 bits per heavy atom. The molecule has 0 aliphatic rings. The van der Waals surface area contributed by atoms with E-state index in [2.05, 4.69) is 51.0 Å². The third-order valence-corrected chi connectivity index (χ3v) is 11.9. The fourth-order valence-electron chi connectivity index (χ4n) is 2.84. The number of hydrogen-bond acceptors (Lipinski definition) is 7. The molecule has 9 heteroatoms. The van der Waals surface area contributed by atoms with Crippen LogP contribution in [0.15, 0.2) is 53.4 Å². The van der Waals surface area contributed by atoms with E-state index in [9.17, 15) is 13.2 Å². The van der Waals surface area contributed by atoms with Gasteiger partial charge in [-0.15, -0.1) is 5.92 Å². The zero-order valence-corrected chi connectivity index (χ0v) is 23.3. The van der Waals surface area contributed by atoms with Crippen molar-refractivity contribution in [2.45, 2.75) is 56.8 Å². The SMILES string of the molecule is CC#CCOc1ccc(S(=O)(=O)CNC(C(=O)OC)c2ccc(O[Si](C)(C)C(C)(C)C)cc2)cc1. The summed E-state index contributed by atoms with van der Waals surface area (Å²) in [4.78, 5) is 12.6. The average Bonchev–Trinajstić information content (AvgIpc) is 2.79. The first-order valence-corrected chi connectivity index (χ1v) is 15.8. The first-order valence-electron chi connectivity index (χ1n) is 11.3. The van der Waals surface area contributed by atoms with Crippen molar-refractivity contribution in [2.75, 3.05) is 19.6 Å². The second kappa shape index (κ2) is 11.8. The predicted octanol–water partition coefficient (Wildman–Crippen LogP) is 4.71. The van der Waals surface area contributed by atoms with Crippen LogP contribution < -0.4 is 14.5 Å². The molecule has 2 aromatic rings. The minimum Gasteiger partial charge on any atom is -0.544 e. The molecule has 7 nitrogen and oxygen atoms in total. The number of esters is 1. The second-order valence-corrected chi connectivity index (χ2v) is 16.3. The Hall–Kier alpha value is -2.80. The molecule has 2 rings (SSSR count). The Bertz CT molecular complexity index is 1160. The van der Waals surface area contributed by atoms with E-state index < -0.39 is 36.0 Å². The van der Waals surface area contributed by atoms with Gasteiger partial charge in [-0.25, -0.2) is 13.2 Å². The molecule has 0 aliphatic carbocycles. The van der Waals surface area contributed by atoms with Gasteiger partial charge in [-0.1, -0.05) is 38.8 Å². The molecule has 0 aliphatic heterocycles. The molecule has 2 aromatic carbocycles. The predicted molar refractivity (Wildman–Crippen MR) is 140 cm³/mol. The van der Waals surface area contributed by atoms with Crippen molar-refractivity contribution < 1.29 is 27.1 Å². The van der Waals surface area contributed by atoms with Gasteiger partial charge in [-0.2, -0.15) is 0 Å². The molecule has 0 heterocycles. The summed E-state index contributed by atoms with van der Waals surface area (Å²) >= 11 is 0. The van der Waals surface area contributed by atoms with Crippen molar-refractivity contribution in [3.05, 3.63) is 54.1 Å². The molecular formula is C26H35NO6SSi. The Morgan fingerprint density at radius 2 is 1.60 bits per heavy atom. The van der Waals surface area contributed by atoms with Crippen LogP contribution in [0, 0.1) is 11.8 Å². The van der Waals surface area contributed by atoms with Gasteiger partial charge in [-0.05, 0) is 67.0 Å². The van der Waals surface area contributed by atoms with Crippen LogP contribution in [0.25, 0.3) is 0 Å². The maximum absolute atomic E-state index is 12.9. The van der Waals surface area contributed by atoms with Crippen LogP contribution in [-0.2, 0) is 19.4 Å². The number of nitrogens with one attached hydrogen (secondary N) is 1. The zero-order valence-electron chi connectivity index (χ0n) is 21.5. The number of rotatable bonds is 10. The van der Waals surface area contributed by atoms with E-state index in [1.165, 1.54) is 19.2 Å². The van der Waals surface area contributed by atoms with Gasteiger partial charge in [0.15, 0.2) is 9.84 Å². The molecule has 0 bridgehead atoms. The summed E-state index contributed by atoms with van der Waals surface area (Å²) in [5.74, 6) is 5.70. The number of carbonyl (C=O) groups excluding carboxylic acids is 1. The molecule has 0 amide bonds. The van der Waals surface area contributed by atoms with Crippen molar-refractivity contribution in [2.24, 2.45) is 0 Å². The summed E-state index contributed by atoms with van der Waals surface area (Å²) in [6, 6.07) is 12.2. The lowest BCUT2D eigenvalue weighted by Crippen LogP contribution is -2.43. The fourth-order valence-corrected chi connectivity index (χ4v) is 4.98. The lowest BCUT2D eigenvalue weighted by atomic mass is 10.1. The van der Waals surface area contributed by atoms with Gasteiger partial charge in [0.05, 0.1) is 12.0 Å². The quantitative estimate of drug-likeness (QED) is 0.277. The molecule has 1 unspecified atom stereocenters. The van der Waals surface area contributed by atoms with Gasteiger partial charge in [0, 0.05) is 0 Å². The molecular weight excluding hydrogens is 482 g/mol. The molecule has 0 spiro atoms. The normalized spacial score (nSPS) is 12.8. The Kier molecular flexibility index (Phi) is 9.55. The summed E-state index contributed by atoms with van der Waals surface area (Å²) in [6.45, 7) is 12.7. The first-order chi connectivity index (χ1) is 16.3. The summed E-state index contributed by atoms with van der Waals surface area (Å²) in [7, 11) is -4.46. The first kappa shape index (κ1) is 28.4. The standard InChI is InChI=1S/C26H35NO6SSi/c1-8-9-18-32-21-14-16-23(17-15-21)34(29,30)19-27-24(25(28)31-5)20-10-12-22(13-11-20)33-35(6,7)26(2,3)4/h10-17,24,27H,18-19H2,1-7H3. The third-order valence-electron chi connectivity index (χ3n) is 5.98. The molecule has 35 heavy (non-hydrogen) atoms.